The predicted octanol–water partition coefficient (Wildman–Crippen LogP) is 5.02. The molecule has 0 spiro atoms. The molecule has 3 heterocycles. The zero-order valence-electron chi connectivity index (χ0n) is 20.9. The van der Waals surface area contributed by atoms with Crippen LogP contribution in [0.4, 0.5) is 0 Å². The highest BCUT2D eigenvalue weighted by atomic mass is 35.5. The van der Waals surface area contributed by atoms with Crippen molar-refractivity contribution in [2.75, 3.05) is 0 Å². The summed E-state index contributed by atoms with van der Waals surface area (Å²) in [5.41, 5.74) is 6.63. The van der Waals surface area contributed by atoms with Gasteiger partial charge in [0.2, 0.25) is 0 Å². The Morgan fingerprint density at radius 1 is 1.11 bits per heavy atom. The zero-order chi connectivity index (χ0) is 25.5. The second-order valence-corrected chi connectivity index (χ2v) is 10.8. The molecule has 1 N–H and O–H groups in total. The van der Waals surface area contributed by atoms with Crippen molar-refractivity contribution in [2.24, 2.45) is 5.92 Å². The Bertz CT molecular complexity index is 1550. The summed E-state index contributed by atoms with van der Waals surface area (Å²) < 4.78 is 3.79. The number of fused-ring (bicyclic) bond motifs is 2. The molecule has 3 aromatic heterocycles. The van der Waals surface area contributed by atoms with Crippen molar-refractivity contribution in [1.29, 1.82) is 0 Å². The van der Waals surface area contributed by atoms with Crippen LogP contribution in [-0.4, -0.2) is 31.1 Å². The van der Waals surface area contributed by atoms with E-state index in [1.165, 1.54) is 11.1 Å². The molecule has 0 unspecified atom stereocenters. The van der Waals surface area contributed by atoms with Crippen LogP contribution in [0.15, 0.2) is 53.7 Å². The molecular weight excluding hydrogens is 486 g/mol. The maximum atomic E-state index is 13.8. The highest BCUT2D eigenvalue weighted by Gasteiger charge is 2.26. The van der Waals surface area contributed by atoms with Crippen LogP contribution < -0.4 is 11.0 Å². The van der Waals surface area contributed by atoms with Gasteiger partial charge in [0, 0.05) is 25.0 Å². The van der Waals surface area contributed by atoms with Crippen molar-refractivity contribution in [3.05, 3.63) is 86.8 Å². The monoisotopic (exact) mass is 515 g/mol. The molecule has 1 aromatic carbocycles. The third-order valence-corrected chi connectivity index (χ3v) is 8.22. The topological polar surface area (TPSA) is 81.8 Å². The minimum absolute atomic E-state index is 0.00246. The molecule has 0 radical (unpaired) electrons. The van der Waals surface area contributed by atoms with Crippen LogP contribution in [0.3, 0.4) is 0 Å². The number of benzene rings is 1. The Kier molecular flexibility index (Phi) is 6.32. The van der Waals surface area contributed by atoms with Crippen LogP contribution in [0.1, 0.15) is 59.3 Å². The van der Waals surface area contributed by atoms with Gasteiger partial charge in [0.05, 0.1) is 39.2 Å². The van der Waals surface area contributed by atoms with E-state index in [9.17, 15) is 9.59 Å². The van der Waals surface area contributed by atoms with E-state index < -0.39 is 0 Å². The molecule has 1 saturated carbocycles. The van der Waals surface area contributed by atoms with E-state index in [1.54, 1.807) is 18.5 Å². The maximum absolute atomic E-state index is 13.8. The fourth-order valence-electron chi connectivity index (χ4n) is 6.07. The number of imidazole rings is 1. The molecule has 6 rings (SSSR count). The number of nitrogens with one attached hydrogen (secondary N) is 1. The number of aromatic nitrogens is 4. The summed E-state index contributed by atoms with van der Waals surface area (Å²) in [5, 5.41) is 3.62. The first-order valence-electron chi connectivity index (χ1n) is 13.1. The highest BCUT2D eigenvalue weighted by Crippen LogP contribution is 2.31. The number of halogens is 1. The zero-order valence-corrected chi connectivity index (χ0v) is 21.7. The Labute approximate surface area is 220 Å². The molecule has 190 valence electrons. The van der Waals surface area contributed by atoms with Gasteiger partial charge in [0.15, 0.2) is 0 Å². The number of rotatable bonds is 5. The van der Waals surface area contributed by atoms with Crippen LogP contribution >= 0.6 is 11.6 Å². The summed E-state index contributed by atoms with van der Waals surface area (Å²) in [6.45, 7) is 2.47. The van der Waals surface area contributed by atoms with Crippen molar-refractivity contribution in [3.63, 3.8) is 0 Å². The number of carbonyl (C=O) groups is 1. The lowest BCUT2D eigenvalue weighted by atomic mass is 9.85. The Hall–Kier alpha value is -3.45. The SMILES string of the molecule is Cc1ncc(Cl)cc1C(=O)NC1CCC(Cn2c(=O)n(-c3cccc4c3CCC4)c3ccncc32)CC1. The Morgan fingerprint density at radius 3 is 2.78 bits per heavy atom. The fraction of sp³-hybridized carbons (Fsp3) is 0.379. The van der Waals surface area contributed by atoms with Crippen LogP contribution in [0.2, 0.25) is 5.02 Å². The number of pyridine rings is 2. The number of nitrogens with zero attached hydrogens (tertiary/aromatic N) is 4. The lowest BCUT2D eigenvalue weighted by Crippen LogP contribution is -2.39. The van der Waals surface area contributed by atoms with Crippen molar-refractivity contribution >= 4 is 28.5 Å². The maximum Gasteiger partial charge on any atom is 0.333 e. The van der Waals surface area contributed by atoms with Gasteiger partial charge in [0.25, 0.3) is 5.91 Å². The number of hydrogen-bond donors (Lipinski definition) is 1. The summed E-state index contributed by atoms with van der Waals surface area (Å²) >= 11 is 6.05. The van der Waals surface area contributed by atoms with Gasteiger partial charge in [-0.25, -0.2) is 4.79 Å². The molecule has 37 heavy (non-hydrogen) atoms. The normalized spacial score (nSPS) is 19.2. The van der Waals surface area contributed by atoms with Gasteiger partial charge in [0.1, 0.15) is 0 Å². The molecule has 0 aliphatic heterocycles. The Balaban J connectivity index is 1.20. The highest BCUT2D eigenvalue weighted by molar-refractivity contribution is 6.30. The number of amides is 1. The molecule has 0 bridgehead atoms. The first kappa shape index (κ1) is 23.9. The Morgan fingerprint density at radius 2 is 1.95 bits per heavy atom. The largest absolute Gasteiger partial charge is 0.349 e. The third kappa shape index (κ3) is 4.46. The van der Waals surface area contributed by atoms with Crippen LogP contribution in [0, 0.1) is 12.8 Å². The van der Waals surface area contributed by atoms with E-state index in [1.807, 2.05) is 28.3 Å². The fourth-order valence-corrected chi connectivity index (χ4v) is 6.23. The summed E-state index contributed by atoms with van der Waals surface area (Å²) in [6, 6.07) is 10.0. The number of hydrogen-bond acceptors (Lipinski definition) is 4. The average Bonchev–Trinajstić information content (AvgIpc) is 3.49. The van der Waals surface area contributed by atoms with Gasteiger partial charge in [-0.2, -0.15) is 0 Å². The average molecular weight is 516 g/mol. The molecule has 2 aliphatic carbocycles. The van der Waals surface area contributed by atoms with Gasteiger partial charge in [-0.3, -0.25) is 23.9 Å². The molecule has 0 atom stereocenters. The number of aryl methyl sites for hydroxylation is 2. The first-order chi connectivity index (χ1) is 18.0. The van der Waals surface area contributed by atoms with Crippen molar-refractivity contribution in [2.45, 2.75) is 64.5 Å². The van der Waals surface area contributed by atoms with Crippen LogP contribution in [0.5, 0.6) is 0 Å². The van der Waals surface area contributed by atoms with Crippen molar-refractivity contribution in [1.82, 2.24) is 24.4 Å². The molecule has 8 heteroatoms. The number of carbonyl (C=O) groups excluding carboxylic acids is 1. The van der Waals surface area contributed by atoms with E-state index >= 15 is 0 Å². The van der Waals surface area contributed by atoms with Crippen LogP contribution in [0.25, 0.3) is 16.7 Å². The predicted molar refractivity (Wildman–Crippen MR) is 145 cm³/mol. The molecule has 1 fully saturated rings. The lowest BCUT2D eigenvalue weighted by Gasteiger charge is -2.29. The minimum Gasteiger partial charge on any atom is -0.349 e. The van der Waals surface area contributed by atoms with Gasteiger partial charge >= 0.3 is 5.69 Å². The summed E-state index contributed by atoms with van der Waals surface area (Å²) in [6.07, 6.45) is 12.0. The van der Waals surface area contributed by atoms with E-state index in [0.717, 1.165) is 61.7 Å². The van der Waals surface area contributed by atoms with E-state index in [-0.39, 0.29) is 17.6 Å². The molecule has 0 saturated heterocycles. The molecule has 1 amide bonds. The van der Waals surface area contributed by atoms with Crippen molar-refractivity contribution < 1.29 is 4.79 Å². The third-order valence-electron chi connectivity index (χ3n) is 8.01. The van der Waals surface area contributed by atoms with E-state index in [4.69, 9.17) is 11.6 Å². The standard InChI is InChI=1S/C29H30ClN5O2/c1-18-24(14-21(30)15-32-18)28(36)33-22-10-8-19(9-11-22)17-34-27-16-31-13-12-26(27)35(29(34)37)25-7-3-5-20-4-2-6-23(20)25/h3,5,7,12-16,19,22H,2,4,6,8-11,17H2,1H3,(H,33,36). The van der Waals surface area contributed by atoms with E-state index in [0.29, 0.717) is 28.7 Å². The second kappa shape index (κ2) is 9.78. The molecule has 7 nitrogen and oxygen atoms in total. The first-order valence-corrected chi connectivity index (χ1v) is 13.5. The second-order valence-electron chi connectivity index (χ2n) is 10.3. The summed E-state index contributed by atoms with van der Waals surface area (Å²) in [4.78, 5) is 35.2. The molecule has 4 aromatic rings. The lowest BCUT2D eigenvalue weighted by molar-refractivity contribution is 0.0919. The van der Waals surface area contributed by atoms with Crippen molar-refractivity contribution in [3.8, 4) is 5.69 Å². The molecule has 2 aliphatic rings. The van der Waals surface area contributed by atoms with Crippen LogP contribution in [-0.2, 0) is 19.4 Å². The minimum atomic E-state index is -0.128. The van der Waals surface area contributed by atoms with Gasteiger partial charge < -0.3 is 5.32 Å². The van der Waals surface area contributed by atoms with Gasteiger partial charge in [-0.15, -0.1) is 0 Å². The van der Waals surface area contributed by atoms with E-state index in [2.05, 4.69) is 33.5 Å². The van der Waals surface area contributed by atoms with Gasteiger partial charge in [-0.1, -0.05) is 23.7 Å². The quantitative estimate of drug-likeness (QED) is 0.404. The molecular formula is C29H30ClN5O2. The summed E-state index contributed by atoms with van der Waals surface area (Å²) in [5.74, 6) is 0.234. The van der Waals surface area contributed by atoms with Gasteiger partial charge in [-0.05, 0) is 87.1 Å². The summed E-state index contributed by atoms with van der Waals surface area (Å²) in [7, 11) is 0. The smallest absolute Gasteiger partial charge is 0.333 e.